The minimum atomic E-state index is 0. The van der Waals surface area contributed by atoms with Crippen LogP contribution >= 0.6 is 24.0 Å². The van der Waals surface area contributed by atoms with Crippen molar-refractivity contribution in [1.82, 2.24) is 4.90 Å². The molecule has 6 heteroatoms. The summed E-state index contributed by atoms with van der Waals surface area (Å²) < 4.78 is 5.87. The number of nitrogens with zero attached hydrogens (tertiary/aromatic N) is 1. The first-order valence-electron chi connectivity index (χ1n) is 9.58. The third-order valence-corrected chi connectivity index (χ3v) is 6.05. The Balaban J connectivity index is 0.00000225. The Morgan fingerprint density at radius 3 is 2.68 bits per heavy atom. The first-order valence-corrected chi connectivity index (χ1v) is 9.96. The summed E-state index contributed by atoms with van der Waals surface area (Å²) in [5.74, 6) is 2.03. The molecule has 1 aliphatic carbocycles. The maximum Gasteiger partial charge on any atom is 0.227 e. The molecule has 2 aliphatic rings. The summed E-state index contributed by atoms with van der Waals surface area (Å²) in [5.41, 5.74) is 8.18. The minimum absolute atomic E-state index is 0. The number of rotatable bonds is 5. The molecule has 150 valence electrons. The molecule has 28 heavy (non-hydrogen) atoms. The van der Waals surface area contributed by atoms with E-state index in [1.54, 1.807) is 0 Å². The molecule has 3 unspecified atom stereocenters. The highest BCUT2D eigenvalue weighted by molar-refractivity contribution is 6.30. The molecular formula is C22H26Cl2N2O2. The average Bonchev–Trinajstić information content (AvgIpc) is 3.23. The van der Waals surface area contributed by atoms with E-state index in [2.05, 4.69) is 0 Å². The second kappa shape index (κ2) is 9.17. The van der Waals surface area contributed by atoms with Crippen LogP contribution in [-0.2, 0) is 17.8 Å². The van der Waals surface area contributed by atoms with Crippen molar-refractivity contribution < 1.29 is 9.53 Å². The first kappa shape index (κ1) is 21.0. The zero-order valence-electron chi connectivity index (χ0n) is 15.7. The predicted octanol–water partition coefficient (Wildman–Crippen LogP) is 4.08. The largest absolute Gasteiger partial charge is 0.489 e. The van der Waals surface area contributed by atoms with Crippen molar-refractivity contribution in [1.29, 1.82) is 0 Å². The maximum absolute atomic E-state index is 12.7. The van der Waals surface area contributed by atoms with Crippen LogP contribution in [0.15, 0.2) is 48.5 Å². The van der Waals surface area contributed by atoms with Gasteiger partial charge in [-0.2, -0.15) is 0 Å². The van der Waals surface area contributed by atoms with Gasteiger partial charge < -0.3 is 15.4 Å². The molecule has 0 radical (unpaired) electrons. The molecule has 4 rings (SSSR count). The molecule has 1 saturated carbocycles. The second-order valence-corrected chi connectivity index (χ2v) is 8.14. The molecule has 1 saturated heterocycles. The Morgan fingerprint density at radius 2 is 1.89 bits per heavy atom. The fraction of sp³-hybridized carbons (Fsp3) is 0.409. The van der Waals surface area contributed by atoms with E-state index in [9.17, 15) is 4.79 Å². The summed E-state index contributed by atoms with van der Waals surface area (Å²) in [6.07, 6.45) is 2.66. The Labute approximate surface area is 177 Å². The standard InChI is InChI=1S/C22H25ClN2O2.ClH/c23-18-5-1-4-16(9-18)14-27-19-6-2-3-15(10-19)11-22(26)25-12-17-7-8-21(24)20(17)13-25;/h1-6,9-10,17,20-21H,7-8,11-14,24H2;1H. The van der Waals surface area contributed by atoms with E-state index in [0.717, 1.165) is 42.8 Å². The topological polar surface area (TPSA) is 55.6 Å². The average molecular weight is 421 g/mol. The van der Waals surface area contributed by atoms with E-state index >= 15 is 0 Å². The molecule has 2 N–H and O–H groups in total. The van der Waals surface area contributed by atoms with Crippen LogP contribution in [0.1, 0.15) is 24.0 Å². The zero-order valence-corrected chi connectivity index (χ0v) is 17.3. The molecule has 2 aromatic rings. The quantitative estimate of drug-likeness (QED) is 0.792. The molecule has 3 atom stereocenters. The number of likely N-dealkylation sites (tertiary alicyclic amines) is 1. The van der Waals surface area contributed by atoms with E-state index in [-0.39, 0.29) is 24.4 Å². The number of halogens is 2. The summed E-state index contributed by atoms with van der Waals surface area (Å²) >= 11 is 6.01. The van der Waals surface area contributed by atoms with Crippen molar-refractivity contribution >= 4 is 29.9 Å². The van der Waals surface area contributed by atoms with Crippen LogP contribution in [-0.4, -0.2) is 29.9 Å². The van der Waals surface area contributed by atoms with Crippen LogP contribution in [0.4, 0.5) is 0 Å². The van der Waals surface area contributed by atoms with Gasteiger partial charge in [-0.3, -0.25) is 4.79 Å². The van der Waals surface area contributed by atoms with Gasteiger partial charge in [0.25, 0.3) is 0 Å². The van der Waals surface area contributed by atoms with Gasteiger partial charge in [-0.25, -0.2) is 0 Å². The molecule has 1 amide bonds. The maximum atomic E-state index is 12.7. The molecule has 0 bridgehead atoms. The predicted molar refractivity (Wildman–Crippen MR) is 114 cm³/mol. The summed E-state index contributed by atoms with van der Waals surface area (Å²) in [7, 11) is 0. The van der Waals surface area contributed by atoms with E-state index in [1.807, 2.05) is 53.4 Å². The third-order valence-electron chi connectivity index (χ3n) is 5.81. The summed E-state index contributed by atoms with van der Waals surface area (Å²) in [4.78, 5) is 14.7. The molecular weight excluding hydrogens is 395 g/mol. The summed E-state index contributed by atoms with van der Waals surface area (Å²) in [6, 6.07) is 15.7. The van der Waals surface area contributed by atoms with Crippen LogP contribution in [0.25, 0.3) is 0 Å². The fourth-order valence-electron chi connectivity index (χ4n) is 4.34. The number of carbonyl (C=O) groups excluding carboxylic acids is 1. The van der Waals surface area contributed by atoms with Gasteiger partial charge in [0.2, 0.25) is 5.91 Å². The summed E-state index contributed by atoms with van der Waals surface area (Å²) in [6.45, 7) is 2.13. The van der Waals surface area contributed by atoms with Gasteiger partial charge in [0.05, 0.1) is 6.42 Å². The van der Waals surface area contributed by atoms with E-state index < -0.39 is 0 Å². The molecule has 4 nitrogen and oxygen atoms in total. The van der Waals surface area contributed by atoms with Crippen LogP contribution < -0.4 is 10.5 Å². The number of amides is 1. The highest BCUT2D eigenvalue weighted by Crippen LogP contribution is 2.37. The van der Waals surface area contributed by atoms with Gasteiger partial charge in [0, 0.05) is 24.2 Å². The zero-order chi connectivity index (χ0) is 18.8. The summed E-state index contributed by atoms with van der Waals surface area (Å²) in [5, 5.41) is 0.700. The second-order valence-electron chi connectivity index (χ2n) is 7.71. The highest BCUT2D eigenvalue weighted by Gasteiger charge is 2.42. The lowest BCUT2D eigenvalue weighted by Crippen LogP contribution is -2.34. The molecule has 2 aromatic carbocycles. The van der Waals surface area contributed by atoms with Crippen molar-refractivity contribution in [3.8, 4) is 5.75 Å². The van der Waals surface area contributed by atoms with Crippen molar-refractivity contribution in [2.75, 3.05) is 13.1 Å². The number of carbonyl (C=O) groups is 1. The third kappa shape index (κ3) is 4.80. The normalized spacial score (nSPS) is 23.2. The van der Waals surface area contributed by atoms with E-state index in [4.69, 9.17) is 22.1 Å². The smallest absolute Gasteiger partial charge is 0.227 e. The number of fused-ring (bicyclic) bond motifs is 1. The van der Waals surface area contributed by atoms with Crippen molar-refractivity contribution in [3.63, 3.8) is 0 Å². The molecule has 2 fully saturated rings. The lowest BCUT2D eigenvalue weighted by Gasteiger charge is -2.19. The van der Waals surface area contributed by atoms with Crippen molar-refractivity contribution in [3.05, 3.63) is 64.7 Å². The van der Waals surface area contributed by atoms with Crippen molar-refractivity contribution in [2.24, 2.45) is 17.6 Å². The number of ether oxygens (including phenoxy) is 1. The van der Waals surface area contributed by atoms with Gasteiger partial charge in [-0.15, -0.1) is 12.4 Å². The first-order chi connectivity index (χ1) is 13.1. The SMILES string of the molecule is Cl.NC1CCC2CN(C(=O)Cc3cccc(OCc4cccc(Cl)c4)c3)CC12. The molecule has 1 aliphatic heterocycles. The molecule has 0 aromatic heterocycles. The Kier molecular flexibility index (Phi) is 6.86. The number of hydrogen-bond acceptors (Lipinski definition) is 3. The van der Waals surface area contributed by atoms with Gasteiger partial charge in [0.15, 0.2) is 0 Å². The van der Waals surface area contributed by atoms with Gasteiger partial charge >= 0.3 is 0 Å². The Hall–Kier alpha value is -1.75. The number of benzene rings is 2. The van der Waals surface area contributed by atoms with E-state index in [1.165, 1.54) is 0 Å². The lowest BCUT2D eigenvalue weighted by molar-refractivity contribution is -0.129. The monoisotopic (exact) mass is 420 g/mol. The van der Waals surface area contributed by atoms with Crippen molar-refractivity contribution in [2.45, 2.75) is 31.9 Å². The van der Waals surface area contributed by atoms with Crippen LogP contribution in [0.2, 0.25) is 5.02 Å². The fourth-order valence-corrected chi connectivity index (χ4v) is 4.55. The van der Waals surface area contributed by atoms with Crippen LogP contribution in [0.5, 0.6) is 5.75 Å². The van der Waals surface area contributed by atoms with Crippen LogP contribution in [0, 0.1) is 11.8 Å². The van der Waals surface area contributed by atoms with Crippen LogP contribution in [0.3, 0.4) is 0 Å². The molecule has 0 spiro atoms. The minimum Gasteiger partial charge on any atom is -0.489 e. The van der Waals surface area contributed by atoms with Gasteiger partial charge in [-0.1, -0.05) is 35.9 Å². The van der Waals surface area contributed by atoms with E-state index in [0.29, 0.717) is 29.9 Å². The lowest BCUT2D eigenvalue weighted by atomic mass is 9.98. The Morgan fingerprint density at radius 1 is 1.11 bits per heavy atom. The number of nitrogens with two attached hydrogens (primary N) is 1. The number of hydrogen-bond donors (Lipinski definition) is 1. The molecule has 1 heterocycles. The van der Waals surface area contributed by atoms with Gasteiger partial charge in [0.1, 0.15) is 12.4 Å². The van der Waals surface area contributed by atoms with Gasteiger partial charge in [-0.05, 0) is 60.1 Å². The highest BCUT2D eigenvalue weighted by atomic mass is 35.5. The Bertz CT molecular complexity index is 830.